The SMILES string of the molecule is CCCC[C@H](CO[P@](=O)(N[C@@H](C)C(=O)OC(C)C)Oc1ccccc1)n1c(COCC)nc2c(N)nc3ccccc3c21. The highest BCUT2D eigenvalue weighted by Crippen LogP contribution is 2.46. The summed E-state index contributed by atoms with van der Waals surface area (Å²) < 4.78 is 39.6. The first kappa shape index (κ1) is 32.4. The van der Waals surface area contributed by atoms with Gasteiger partial charge in [0.05, 0.1) is 29.8 Å². The minimum Gasteiger partial charge on any atom is -0.462 e. The summed E-state index contributed by atoms with van der Waals surface area (Å²) in [7, 11) is -4.09. The van der Waals surface area contributed by atoms with E-state index in [4.69, 9.17) is 29.2 Å². The first-order chi connectivity index (χ1) is 20.7. The number of hydrogen-bond donors (Lipinski definition) is 2. The lowest BCUT2D eigenvalue weighted by Gasteiger charge is -2.27. The van der Waals surface area contributed by atoms with Gasteiger partial charge in [-0.3, -0.25) is 9.32 Å². The van der Waals surface area contributed by atoms with E-state index < -0.39 is 19.8 Å². The summed E-state index contributed by atoms with van der Waals surface area (Å²) in [5.41, 5.74) is 8.52. The van der Waals surface area contributed by atoms with Gasteiger partial charge in [0.1, 0.15) is 29.7 Å². The molecule has 2 aromatic heterocycles. The van der Waals surface area contributed by atoms with Crippen molar-refractivity contribution in [2.75, 3.05) is 18.9 Å². The highest BCUT2D eigenvalue weighted by Gasteiger charge is 2.34. The van der Waals surface area contributed by atoms with E-state index in [9.17, 15) is 9.36 Å². The highest BCUT2D eigenvalue weighted by atomic mass is 31.2. The lowest BCUT2D eigenvalue weighted by Crippen LogP contribution is -2.36. The van der Waals surface area contributed by atoms with Crippen LogP contribution in [0.3, 0.4) is 0 Å². The molecule has 43 heavy (non-hydrogen) atoms. The maximum absolute atomic E-state index is 14.3. The summed E-state index contributed by atoms with van der Waals surface area (Å²) in [6.07, 6.45) is 2.16. The van der Waals surface area contributed by atoms with Gasteiger partial charge < -0.3 is 24.3 Å². The zero-order valence-electron chi connectivity index (χ0n) is 25.5. The summed E-state index contributed by atoms with van der Waals surface area (Å²) >= 11 is 0. The fraction of sp³-hybridized carbons (Fsp3) is 0.452. The van der Waals surface area contributed by atoms with Gasteiger partial charge in [-0.25, -0.2) is 14.5 Å². The number of carbonyl (C=O) groups excluding carboxylic acids is 1. The van der Waals surface area contributed by atoms with E-state index in [1.807, 2.05) is 37.3 Å². The van der Waals surface area contributed by atoms with E-state index >= 15 is 0 Å². The maximum atomic E-state index is 14.3. The lowest BCUT2D eigenvalue weighted by atomic mass is 10.1. The molecule has 0 radical (unpaired) electrons. The number of aromatic nitrogens is 3. The Labute approximate surface area is 252 Å². The van der Waals surface area contributed by atoms with E-state index in [0.717, 1.165) is 29.3 Å². The van der Waals surface area contributed by atoms with Crippen LogP contribution in [0.4, 0.5) is 5.82 Å². The Morgan fingerprint density at radius 3 is 2.47 bits per heavy atom. The normalized spacial score (nSPS) is 14.6. The van der Waals surface area contributed by atoms with E-state index in [0.29, 0.717) is 35.9 Å². The predicted molar refractivity (Wildman–Crippen MR) is 168 cm³/mol. The van der Waals surface area contributed by atoms with Crippen LogP contribution in [-0.2, 0) is 30.0 Å². The van der Waals surface area contributed by atoms with Gasteiger partial charge in [-0.15, -0.1) is 0 Å². The van der Waals surface area contributed by atoms with Crippen molar-refractivity contribution in [2.45, 2.75) is 78.7 Å². The number of fused-ring (bicyclic) bond motifs is 3. The van der Waals surface area contributed by atoms with Crippen LogP contribution in [0.15, 0.2) is 54.6 Å². The molecular formula is C31H42N5O6P. The topological polar surface area (TPSA) is 140 Å². The van der Waals surface area contributed by atoms with Gasteiger partial charge in [0.25, 0.3) is 0 Å². The zero-order valence-corrected chi connectivity index (χ0v) is 26.4. The third-order valence-corrected chi connectivity index (χ3v) is 8.42. The Kier molecular flexibility index (Phi) is 11.2. The Morgan fingerprint density at radius 1 is 1.05 bits per heavy atom. The molecular weight excluding hydrogens is 569 g/mol. The summed E-state index contributed by atoms with van der Waals surface area (Å²) in [4.78, 5) is 22.1. The van der Waals surface area contributed by atoms with Gasteiger partial charge in [0.15, 0.2) is 5.82 Å². The van der Waals surface area contributed by atoms with Crippen LogP contribution in [0, 0.1) is 0 Å². The Hall–Kier alpha value is -3.50. The van der Waals surface area contributed by atoms with Gasteiger partial charge in [0.2, 0.25) is 0 Å². The Bertz CT molecular complexity index is 1560. The molecule has 0 saturated heterocycles. The van der Waals surface area contributed by atoms with Crippen molar-refractivity contribution < 1.29 is 27.9 Å². The molecule has 3 N–H and O–H groups in total. The third kappa shape index (κ3) is 8.12. The summed E-state index contributed by atoms with van der Waals surface area (Å²) in [5.74, 6) is 0.750. The molecule has 11 nitrogen and oxygen atoms in total. The number of hydrogen-bond acceptors (Lipinski definition) is 9. The fourth-order valence-electron chi connectivity index (χ4n) is 4.80. The van der Waals surface area contributed by atoms with Crippen molar-refractivity contribution in [1.82, 2.24) is 19.6 Å². The van der Waals surface area contributed by atoms with E-state index in [1.54, 1.807) is 45.0 Å². The molecule has 232 valence electrons. The van der Waals surface area contributed by atoms with Crippen molar-refractivity contribution in [2.24, 2.45) is 0 Å². The van der Waals surface area contributed by atoms with E-state index in [-0.39, 0.29) is 25.4 Å². The Balaban J connectivity index is 1.76. The molecule has 3 atom stereocenters. The second kappa shape index (κ2) is 14.8. The average molecular weight is 612 g/mol. The van der Waals surface area contributed by atoms with Crippen LogP contribution < -0.4 is 15.3 Å². The number of nitrogens with one attached hydrogen (secondary N) is 1. The van der Waals surface area contributed by atoms with Gasteiger partial charge in [-0.2, -0.15) is 5.09 Å². The van der Waals surface area contributed by atoms with Crippen LogP contribution >= 0.6 is 7.75 Å². The van der Waals surface area contributed by atoms with Gasteiger partial charge in [-0.05, 0) is 52.3 Å². The van der Waals surface area contributed by atoms with E-state index in [1.165, 1.54) is 0 Å². The molecule has 0 aliphatic heterocycles. The molecule has 4 aromatic rings. The Morgan fingerprint density at radius 2 is 1.77 bits per heavy atom. The third-order valence-electron chi connectivity index (χ3n) is 6.78. The smallest absolute Gasteiger partial charge is 0.459 e. The second-order valence-electron chi connectivity index (χ2n) is 10.6. The first-order valence-corrected chi connectivity index (χ1v) is 16.3. The minimum atomic E-state index is -4.09. The number of para-hydroxylation sites is 2. The predicted octanol–water partition coefficient (Wildman–Crippen LogP) is 6.57. The maximum Gasteiger partial charge on any atom is 0.459 e. The second-order valence-corrected chi connectivity index (χ2v) is 12.3. The number of carbonyl (C=O) groups is 1. The lowest BCUT2D eigenvalue weighted by molar-refractivity contribution is -0.149. The monoisotopic (exact) mass is 611 g/mol. The number of rotatable bonds is 16. The summed E-state index contributed by atoms with van der Waals surface area (Å²) in [5, 5.41) is 3.67. The van der Waals surface area contributed by atoms with Crippen molar-refractivity contribution >= 4 is 41.5 Å². The number of benzene rings is 2. The molecule has 2 heterocycles. The number of imidazole rings is 1. The fourth-order valence-corrected chi connectivity index (χ4v) is 6.33. The first-order valence-electron chi connectivity index (χ1n) is 14.8. The van der Waals surface area contributed by atoms with Crippen LogP contribution in [-0.4, -0.2) is 45.9 Å². The highest BCUT2D eigenvalue weighted by molar-refractivity contribution is 7.52. The van der Waals surface area contributed by atoms with Crippen molar-refractivity contribution in [3.63, 3.8) is 0 Å². The molecule has 4 rings (SSSR count). The standard InChI is InChI=1S/C31H42N5O6P/c1-6-8-14-23(19-40-43(38,42-24-15-10-9-11-16-24)35-22(5)31(37)41-21(3)4)36-27(20-39-7-2)34-28-29(36)25-17-12-13-18-26(25)33-30(28)32/h9-13,15-18,21-23H,6-8,14,19-20H2,1-5H3,(H2,32,33)(H,35,38)/t22-,23+,43+/m0/s1. The van der Waals surface area contributed by atoms with Crippen LogP contribution in [0.2, 0.25) is 0 Å². The molecule has 0 bridgehead atoms. The average Bonchev–Trinajstić information content (AvgIpc) is 3.36. The van der Waals surface area contributed by atoms with Crippen LogP contribution in [0.1, 0.15) is 65.7 Å². The van der Waals surface area contributed by atoms with E-state index in [2.05, 4.69) is 21.6 Å². The van der Waals surface area contributed by atoms with Gasteiger partial charge in [0, 0.05) is 12.0 Å². The molecule has 0 saturated carbocycles. The molecule has 12 heteroatoms. The van der Waals surface area contributed by atoms with Crippen molar-refractivity contribution in [3.05, 3.63) is 60.4 Å². The number of nitrogens with zero attached hydrogens (tertiary/aromatic N) is 3. The molecule has 0 unspecified atom stereocenters. The number of nitrogens with two attached hydrogens (primary N) is 1. The van der Waals surface area contributed by atoms with Gasteiger partial charge in [-0.1, -0.05) is 56.2 Å². The van der Waals surface area contributed by atoms with Crippen LogP contribution in [0.5, 0.6) is 5.75 Å². The summed E-state index contributed by atoms with van der Waals surface area (Å²) in [6.45, 7) is 9.83. The van der Waals surface area contributed by atoms with Crippen molar-refractivity contribution in [3.8, 4) is 5.75 Å². The minimum absolute atomic E-state index is 0.00972. The molecule has 0 aliphatic rings. The number of ether oxygens (including phenoxy) is 2. The molecule has 0 spiro atoms. The molecule has 0 amide bonds. The quantitative estimate of drug-likeness (QED) is 0.106. The summed E-state index contributed by atoms with van der Waals surface area (Å²) in [6, 6.07) is 15.2. The molecule has 0 fully saturated rings. The zero-order chi connectivity index (χ0) is 31.0. The van der Waals surface area contributed by atoms with Crippen LogP contribution in [0.25, 0.3) is 21.9 Å². The number of esters is 1. The number of nitrogen functional groups attached to an aromatic ring is 1. The van der Waals surface area contributed by atoms with Gasteiger partial charge >= 0.3 is 13.7 Å². The number of pyridine rings is 1. The number of unbranched alkanes of at least 4 members (excludes halogenated alkanes) is 1. The largest absolute Gasteiger partial charge is 0.462 e. The number of anilines is 1. The molecule has 2 aromatic carbocycles. The van der Waals surface area contributed by atoms with Crippen molar-refractivity contribution in [1.29, 1.82) is 0 Å². The molecule has 0 aliphatic carbocycles.